The van der Waals surface area contributed by atoms with E-state index in [0.717, 1.165) is 31.6 Å². The number of ether oxygens (including phenoxy) is 1. The first-order chi connectivity index (χ1) is 9.69. The Morgan fingerprint density at radius 1 is 1.48 bits per heavy atom. The first-order valence-electron chi connectivity index (χ1n) is 7.18. The Morgan fingerprint density at radius 3 is 2.95 bits per heavy atom. The van der Waals surface area contributed by atoms with Crippen LogP contribution in [0.1, 0.15) is 19.8 Å². The van der Waals surface area contributed by atoms with Crippen molar-refractivity contribution in [2.45, 2.75) is 25.8 Å². The molecule has 1 aliphatic heterocycles. The molecule has 0 aliphatic carbocycles. The normalized spacial score (nSPS) is 18.7. The predicted molar refractivity (Wildman–Crippen MR) is 87.1 cm³/mol. The maximum absolute atomic E-state index is 12.1. The summed E-state index contributed by atoms with van der Waals surface area (Å²) >= 11 is 0. The topological polar surface area (TPSA) is 67.6 Å². The van der Waals surface area contributed by atoms with E-state index in [0.29, 0.717) is 18.9 Å². The second-order valence-electron chi connectivity index (χ2n) is 5.11. The molecule has 0 radical (unpaired) electrons. The van der Waals surface area contributed by atoms with E-state index in [1.807, 2.05) is 31.2 Å². The second kappa shape index (κ2) is 8.87. The number of nitrogens with one attached hydrogen (secondary N) is 1. The molecular formula is C15H24ClN3O2. The highest BCUT2D eigenvalue weighted by Gasteiger charge is 2.19. The number of anilines is 1. The zero-order chi connectivity index (χ0) is 14.4. The lowest BCUT2D eigenvalue weighted by atomic mass is 10.1. The lowest BCUT2D eigenvalue weighted by Crippen LogP contribution is -2.45. The SMILES string of the molecule is CCOc1ccccc1NC(=O)CN1CCC[C@@H](N)C1.Cl. The van der Waals surface area contributed by atoms with Crippen LogP contribution in [0.2, 0.25) is 0 Å². The summed E-state index contributed by atoms with van der Waals surface area (Å²) in [5.41, 5.74) is 6.65. The molecule has 1 aliphatic rings. The van der Waals surface area contributed by atoms with Gasteiger partial charge >= 0.3 is 0 Å². The van der Waals surface area contributed by atoms with E-state index in [2.05, 4.69) is 10.2 Å². The van der Waals surface area contributed by atoms with Crippen LogP contribution in [-0.4, -0.2) is 43.1 Å². The molecule has 5 nitrogen and oxygen atoms in total. The number of piperidine rings is 1. The first-order valence-corrected chi connectivity index (χ1v) is 7.18. The lowest BCUT2D eigenvalue weighted by molar-refractivity contribution is -0.117. The lowest BCUT2D eigenvalue weighted by Gasteiger charge is -2.30. The first kappa shape index (κ1) is 17.8. The molecule has 2 rings (SSSR count). The molecule has 1 aromatic rings. The molecule has 0 bridgehead atoms. The summed E-state index contributed by atoms with van der Waals surface area (Å²) in [5.74, 6) is 0.685. The molecular weight excluding hydrogens is 290 g/mol. The van der Waals surface area contributed by atoms with E-state index in [9.17, 15) is 4.79 Å². The molecule has 21 heavy (non-hydrogen) atoms. The van der Waals surface area contributed by atoms with Gasteiger partial charge in [0, 0.05) is 12.6 Å². The maximum Gasteiger partial charge on any atom is 0.238 e. The number of likely N-dealkylation sites (tertiary alicyclic amines) is 1. The number of hydrogen-bond acceptors (Lipinski definition) is 4. The standard InChI is InChI=1S/C15H23N3O2.ClH/c1-2-20-14-8-4-3-7-13(14)17-15(19)11-18-9-5-6-12(16)10-18;/h3-4,7-8,12H,2,5-6,9-11,16H2,1H3,(H,17,19);1H/t12-;/m1./s1. The van der Waals surface area contributed by atoms with Crippen molar-refractivity contribution in [1.82, 2.24) is 4.90 Å². The van der Waals surface area contributed by atoms with Crippen LogP contribution in [0.4, 0.5) is 5.69 Å². The Labute approximate surface area is 132 Å². The van der Waals surface area contributed by atoms with Gasteiger partial charge in [-0.05, 0) is 38.4 Å². The van der Waals surface area contributed by atoms with Crippen molar-refractivity contribution in [1.29, 1.82) is 0 Å². The molecule has 118 valence electrons. The van der Waals surface area contributed by atoms with Gasteiger partial charge in [-0.15, -0.1) is 12.4 Å². The molecule has 1 atom stereocenters. The Bertz CT molecular complexity index is 456. The van der Waals surface area contributed by atoms with Crippen LogP contribution >= 0.6 is 12.4 Å². The number of hydrogen-bond donors (Lipinski definition) is 2. The van der Waals surface area contributed by atoms with Gasteiger partial charge in [0.05, 0.1) is 18.8 Å². The number of carbonyl (C=O) groups excluding carboxylic acids is 1. The van der Waals surface area contributed by atoms with Crippen LogP contribution in [0.3, 0.4) is 0 Å². The van der Waals surface area contributed by atoms with E-state index in [1.54, 1.807) is 0 Å². The van der Waals surface area contributed by atoms with E-state index in [1.165, 1.54) is 0 Å². The molecule has 1 fully saturated rings. The fourth-order valence-electron chi connectivity index (χ4n) is 2.48. The van der Waals surface area contributed by atoms with Gasteiger partial charge in [0.15, 0.2) is 0 Å². The number of carbonyl (C=O) groups is 1. The third kappa shape index (κ3) is 5.53. The van der Waals surface area contributed by atoms with Crippen LogP contribution in [0.5, 0.6) is 5.75 Å². The fourth-order valence-corrected chi connectivity index (χ4v) is 2.48. The monoisotopic (exact) mass is 313 g/mol. The average molecular weight is 314 g/mol. The van der Waals surface area contributed by atoms with Gasteiger partial charge in [-0.25, -0.2) is 0 Å². The highest BCUT2D eigenvalue weighted by Crippen LogP contribution is 2.23. The highest BCUT2D eigenvalue weighted by molar-refractivity contribution is 5.93. The van der Waals surface area contributed by atoms with Gasteiger partial charge in [0.25, 0.3) is 0 Å². The minimum Gasteiger partial charge on any atom is -0.492 e. The maximum atomic E-state index is 12.1. The number of nitrogens with zero attached hydrogens (tertiary/aromatic N) is 1. The zero-order valence-corrected chi connectivity index (χ0v) is 13.2. The Balaban J connectivity index is 0.00000220. The van der Waals surface area contributed by atoms with E-state index < -0.39 is 0 Å². The summed E-state index contributed by atoms with van der Waals surface area (Å²) in [7, 11) is 0. The second-order valence-corrected chi connectivity index (χ2v) is 5.11. The number of halogens is 1. The third-order valence-corrected chi connectivity index (χ3v) is 3.37. The average Bonchev–Trinajstić information content (AvgIpc) is 2.41. The minimum atomic E-state index is -0.0220. The molecule has 1 aromatic carbocycles. The van der Waals surface area contributed by atoms with Crippen LogP contribution in [-0.2, 0) is 4.79 Å². The number of amides is 1. The summed E-state index contributed by atoms with van der Waals surface area (Å²) in [6, 6.07) is 7.67. The van der Waals surface area contributed by atoms with E-state index >= 15 is 0 Å². The zero-order valence-electron chi connectivity index (χ0n) is 12.4. The number of nitrogens with two attached hydrogens (primary N) is 1. The number of benzene rings is 1. The molecule has 0 spiro atoms. The third-order valence-electron chi connectivity index (χ3n) is 3.37. The minimum absolute atomic E-state index is 0. The van der Waals surface area contributed by atoms with Gasteiger partial charge in [-0.3, -0.25) is 9.69 Å². The number of rotatable bonds is 5. The van der Waals surface area contributed by atoms with E-state index in [-0.39, 0.29) is 24.4 Å². The van der Waals surface area contributed by atoms with Gasteiger partial charge < -0.3 is 15.8 Å². The van der Waals surface area contributed by atoms with Crippen molar-refractivity contribution in [3.8, 4) is 5.75 Å². The van der Waals surface area contributed by atoms with Gasteiger partial charge in [-0.2, -0.15) is 0 Å². The predicted octanol–water partition coefficient (Wildman–Crippen LogP) is 1.87. The molecule has 1 heterocycles. The van der Waals surface area contributed by atoms with Crippen molar-refractivity contribution in [3.63, 3.8) is 0 Å². The summed E-state index contributed by atoms with van der Waals surface area (Å²) in [4.78, 5) is 14.2. The summed E-state index contributed by atoms with van der Waals surface area (Å²) in [6.07, 6.45) is 2.11. The molecule has 0 aromatic heterocycles. The van der Waals surface area contributed by atoms with E-state index in [4.69, 9.17) is 10.5 Å². The van der Waals surface area contributed by atoms with Crippen LogP contribution in [0, 0.1) is 0 Å². The van der Waals surface area contributed by atoms with Gasteiger partial charge in [0.1, 0.15) is 5.75 Å². The molecule has 1 amide bonds. The van der Waals surface area contributed by atoms with Crippen molar-refractivity contribution in [3.05, 3.63) is 24.3 Å². The fraction of sp³-hybridized carbons (Fsp3) is 0.533. The van der Waals surface area contributed by atoms with Crippen molar-refractivity contribution >= 4 is 24.0 Å². The highest BCUT2D eigenvalue weighted by atomic mass is 35.5. The van der Waals surface area contributed by atoms with Gasteiger partial charge in [0.2, 0.25) is 5.91 Å². The van der Waals surface area contributed by atoms with Crippen LogP contribution in [0.25, 0.3) is 0 Å². The smallest absolute Gasteiger partial charge is 0.238 e. The Morgan fingerprint density at radius 2 is 2.24 bits per heavy atom. The van der Waals surface area contributed by atoms with Crippen molar-refractivity contribution in [2.24, 2.45) is 5.73 Å². The summed E-state index contributed by atoms with van der Waals surface area (Å²) in [5, 5.41) is 2.91. The van der Waals surface area contributed by atoms with Crippen LogP contribution < -0.4 is 15.8 Å². The quantitative estimate of drug-likeness (QED) is 0.871. The number of para-hydroxylation sites is 2. The molecule has 3 N–H and O–H groups in total. The van der Waals surface area contributed by atoms with Crippen molar-refractivity contribution < 1.29 is 9.53 Å². The molecule has 1 saturated heterocycles. The Kier molecular flexibility index (Phi) is 7.50. The summed E-state index contributed by atoms with van der Waals surface area (Å²) < 4.78 is 5.50. The largest absolute Gasteiger partial charge is 0.492 e. The summed E-state index contributed by atoms with van der Waals surface area (Å²) in [6.45, 7) is 4.62. The van der Waals surface area contributed by atoms with Crippen LogP contribution in [0.15, 0.2) is 24.3 Å². The van der Waals surface area contributed by atoms with Crippen molar-refractivity contribution in [2.75, 3.05) is 31.6 Å². The Hall–Kier alpha value is -1.30. The molecule has 6 heteroatoms. The molecule has 0 unspecified atom stereocenters. The van der Waals surface area contributed by atoms with Gasteiger partial charge in [-0.1, -0.05) is 12.1 Å². The molecule has 0 saturated carbocycles.